The molecule has 4 heteroatoms. The Morgan fingerprint density at radius 1 is 1.26 bits per heavy atom. The van der Waals surface area contributed by atoms with Crippen LogP contribution in [0, 0.1) is 0 Å². The van der Waals surface area contributed by atoms with E-state index in [-0.39, 0.29) is 30.3 Å². The first-order valence-corrected chi connectivity index (χ1v) is 6.88. The second-order valence-electron chi connectivity index (χ2n) is 5.48. The fourth-order valence-corrected chi connectivity index (χ4v) is 3.22. The smallest absolute Gasteiger partial charge is 0.230 e. The van der Waals surface area contributed by atoms with E-state index in [1.54, 1.807) is 0 Å². The van der Waals surface area contributed by atoms with Gasteiger partial charge in [0.2, 0.25) is 5.91 Å². The number of halogens is 1. The third-order valence-corrected chi connectivity index (χ3v) is 4.20. The van der Waals surface area contributed by atoms with Crippen molar-refractivity contribution in [2.24, 2.45) is 5.73 Å². The highest BCUT2D eigenvalue weighted by Crippen LogP contribution is 2.33. The Labute approximate surface area is 120 Å². The van der Waals surface area contributed by atoms with E-state index in [0.717, 1.165) is 38.8 Å². The van der Waals surface area contributed by atoms with E-state index < -0.39 is 0 Å². The van der Waals surface area contributed by atoms with Gasteiger partial charge in [-0.25, -0.2) is 0 Å². The Morgan fingerprint density at radius 3 is 2.79 bits per heavy atom. The van der Waals surface area contributed by atoms with Gasteiger partial charge in [0.15, 0.2) is 0 Å². The van der Waals surface area contributed by atoms with Crippen LogP contribution < -0.4 is 5.73 Å². The quantitative estimate of drug-likeness (QED) is 0.856. The highest BCUT2D eigenvalue weighted by atomic mass is 35.5. The average molecular weight is 281 g/mol. The molecule has 0 saturated carbocycles. The molecule has 3 nitrogen and oxygen atoms in total. The first-order valence-electron chi connectivity index (χ1n) is 6.88. The number of rotatable bonds is 1. The van der Waals surface area contributed by atoms with Crippen molar-refractivity contribution in [2.75, 3.05) is 13.1 Å². The normalized spacial score (nSPS) is 25.6. The fourth-order valence-electron chi connectivity index (χ4n) is 3.22. The van der Waals surface area contributed by atoms with Gasteiger partial charge in [0.1, 0.15) is 0 Å². The number of nitrogens with two attached hydrogens (primary N) is 1. The lowest BCUT2D eigenvalue weighted by atomic mass is 9.82. The van der Waals surface area contributed by atoms with Crippen molar-refractivity contribution in [3.63, 3.8) is 0 Å². The van der Waals surface area contributed by atoms with Crippen molar-refractivity contribution in [1.82, 2.24) is 4.90 Å². The lowest BCUT2D eigenvalue weighted by Crippen LogP contribution is -2.36. The van der Waals surface area contributed by atoms with E-state index in [9.17, 15) is 4.79 Å². The zero-order valence-corrected chi connectivity index (χ0v) is 11.9. The van der Waals surface area contributed by atoms with E-state index >= 15 is 0 Å². The molecule has 1 aliphatic heterocycles. The van der Waals surface area contributed by atoms with Crippen LogP contribution in [0.15, 0.2) is 24.3 Å². The van der Waals surface area contributed by atoms with E-state index in [1.165, 1.54) is 11.1 Å². The first kappa shape index (κ1) is 14.4. The molecule has 1 fully saturated rings. The SMILES string of the molecule is Cl.N[C@H]1CCN(C(=O)C2CCCc3ccccc32)C1. The molecule has 1 aromatic carbocycles. The summed E-state index contributed by atoms with van der Waals surface area (Å²) in [4.78, 5) is 14.5. The maximum atomic E-state index is 12.6. The van der Waals surface area contributed by atoms with Crippen LogP contribution in [0.25, 0.3) is 0 Å². The Kier molecular flexibility index (Phi) is 4.48. The predicted molar refractivity (Wildman–Crippen MR) is 78.5 cm³/mol. The van der Waals surface area contributed by atoms with Crippen LogP contribution in [0.2, 0.25) is 0 Å². The van der Waals surface area contributed by atoms with E-state index in [4.69, 9.17) is 5.73 Å². The van der Waals surface area contributed by atoms with Gasteiger partial charge >= 0.3 is 0 Å². The number of carbonyl (C=O) groups excluding carboxylic acids is 1. The number of carbonyl (C=O) groups is 1. The fraction of sp³-hybridized carbons (Fsp3) is 0.533. The van der Waals surface area contributed by atoms with Crippen molar-refractivity contribution in [3.8, 4) is 0 Å². The summed E-state index contributed by atoms with van der Waals surface area (Å²) in [6, 6.07) is 8.56. The molecule has 1 aromatic rings. The van der Waals surface area contributed by atoms with Gasteiger partial charge in [0.25, 0.3) is 0 Å². The summed E-state index contributed by atoms with van der Waals surface area (Å²) in [7, 11) is 0. The van der Waals surface area contributed by atoms with E-state index in [1.807, 2.05) is 11.0 Å². The van der Waals surface area contributed by atoms with Crippen molar-refractivity contribution in [2.45, 2.75) is 37.6 Å². The van der Waals surface area contributed by atoms with Gasteiger partial charge in [-0.05, 0) is 36.8 Å². The summed E-state index contributed by atoms with van der Waals surface area (Å²) in [6.07, 6.45) is 4.16. The van der Waals surface area contributed by atoms with Gasteiger partial charge in [-0.3, -0.25) is 4.79 Å². The molecule has 1 saturated heterocycles. The Hall–Kier alpha value is -1.06. The summed E-state index contributed by atoms with van der Waals surface area (Å²) < 4.78 is 0. The Morgan fingerprint density at radius 2 is 2.05 bits per heavy atom. The maximum absolute atomic E-state index is 12.6. The largest absolute Gasteiger partial charge is 0.341 e. The number of hydrogen-bond acceptors (Lipinski definition) is 2. The molecule has 2 aliphatic rings. The number of nitrogens with zero attached hydrogens (tertiary/aromatic N) is 1. The van der Waals surface area contributed by atoms with Crippen molar-refractivity contribution >= 4 is 18.3 Å². The van der Waals surface area contributed by atoms with Gasteiger partial charge in [-0.2, -0.15) is 0 Å². The van der Waals surface area contributed by atoms with Crippen molar-refractivity contribution in [1.29, 1.82) is 0 Å². The van der Waals surface area contributed by atoms with Crippen molar-refractivity contribution in [3.05, 3.63) is 35.4 Å². The molecule has 0 bridgehead atoms. The molecule has 2 atom stereocenters. The number of benzene rings is 1. The van der Waals surface area contributed by atoms with Gasteiger partial charge in [0, 0.05) is 19.1 Å². The first-order chi connectivity index (χ1) is 8.75. The maximum Gasteiger partial charge on any atom is 0.230 e. The standard InChI is InChI=1S/C15H20N2O.ClH/c16-12-8-9-17(10-12)15(18)14-7-3-5-11-4-1-2-6-13(11)14;/h1-2,4,6,12,14H,3,5,7-10,16H2;1H/t12-,14?;/m0./s1. The van der Waals surface area contributed by atoms with Crippen LogP contribution in [0.5, 0.6) is 0 Å². The van der Waals surface area contributed by atoms with Crippen LogP contribution >= 0.6 is 12.4 Å². The Balaban J connectivity index is 0.00000133. The van der Waals surface area contributed by atoms with E-state index in [2.05, 4.69) is 18.2 Å². The van der Waals surface area contributed by atoms with Crippen molar-refractivity contribution < 1.29 is 4.79 Å². The number of amides is 1. The van der Waals surface area contributed by atoms with Crippen LogP contribution in [0.3, 0.4) is 0 Å². The number of fused-ring (bicyclic) bond motifs is 1. The third kappa shape index (κ3) is 2.77. The topological polar surface area (TPSA) is 46.3 Å². The minimum atomic E-state index is 0. The lowest BCUT2D eigenvalue weighted by molar-refractivity contribution is -0.132. The molecule has 1 heterocycles. The molecule has 2 N–H and O–H groups in total. The monoisotopic (exact) mass is 280 g/mol. The van der Waals surface area contributed by atoms with Crippen LogP contribution in [-0.4, -0.2) is 29.9 Å². The minimum absolute atomic E-state index is 0. The molecule has 1 unspecified atom stereocenters. The number of hydrogen-bond donors (Lipinski definition) is 1. The zero-order chi connectivity index (χ0) is 12.5. The highest BCUT2D eigenvalue weighted by Gasteiger charge is 2.32. The van der Waals surface area contributed by atoms with Gasteiger partial charge < -0.3 is 10.6 Å². The molecule has 3 rings (SSSR count). The van der Waals surface area contributed by atoms with Crippen LogP contribution in [0.4, 0.5) is 0 Å². The number of aryl methyl sites for hydroxylation is 1. The molecule has 1 aliphatic carbocycles. The number of likely N-dealkylation sites (tertiary alicyclic amines) is 1. The molecule has 0 spiro atoms. The molecule has 0 aromatic heterocycles. The average Bonchev–Trinajstić information content (AvgIpc) is 2.84. The molecular formula is C15H21ClN2O. The molecule has 0 radical (unpaired) electrons. The summed E-state index contributed by atoms with van der Waals surface area (Å²) in [5.41, 5.74) is 8.49. The Bertz CT molecular complexity index is 463. The van der Waals surface area contributed by atoms with Crippen LogP contribution in [-0.2, 0) is 11.2 Å². The highest BCUT2D eigenvalue weighted by molar-refractivity contribution is 5.85. The summed E-state index contributed by atoms with van der Waals surface area (Å²) in [5, 5.41) is 0. The lowest BCUT2D eigenvalue weighted by Gasteiger charge is -2.28. The van der Waals surface area contributed by atoms with Gasteiger partial charge in [-0.15, -0.1) is 12.4 Å². The predicted octanol–water partition coefficient (Wildman–Crippen LogP) is 2.09. The van der Waals surface area contributed by atoms with Gasteiger partial charge in [-0.1, -0.05) is 24.3 Å². The molecule has 104 valence electrons. The minimum Gasteiger partial charge on any atom is -0.341 e. The third-order valence-electron chi connectivity index (χ3n) is 4.20. The zero-order valence-electron chi connectivity index (χ0n) is 11.0. The molecule has 19 heavy (non-hydrogen) atoms. The second kappa shape index (κ2) is 5.93. The van der Waals surface area contributed by atoms with Crippen LogP contribution in [0.1, 0.15) is 36.3 Å². The van der Waals surface area contributed by atoms with E-state index in [0.29, 0.717) is 0 Å². The second-order valence-corrected chi connectivity index (χ2v) is 5.48. The summed E-state index contributed by atoms with van der Waals surface area (Å²) in [5.74, 6) is 0.357. The van der Waals surface area contributed by atoms with Gasteiger partial charge in [0.05, 0.1) is 5.92 Å². The summed E-state index contributed by atoms with van der Waals surface area (Å²) >= 11 is 0. The molecular weight excluding hydrogens is 260 g/mol. The molecule has 1 amide bonds. The summed E-state index contributed by atoms with van der Waals surface area (Å²) in [6.45, 7) is 1.57.